The van der Waals surface area contributed by atoms with E-state index in [0.29, 0.717) is 23.9 Å². The molecule has 116 valence electrons. The lowest BCUT2D eigenvalue weighted by molar-refractivity contribution is 0.0945. The van der Waals surface area contributed by atoms with Crippen LogP contribution < -0.4 is 10.6 Å². The first kappa shape index (κ1) is 14.6. The van der Waals surface area contributed by atoms with Gasteiger partial charge in [0.15, 0.2) is 17.3 Å². The number of amides is 1. The Morgan fingerprint density at radius 3 is 2.78 bits per heavy atom. The van der Waals surface area contributed by atoms with E-state index in [1.165, 1.54) is 0 Å². The highest BCUT2D eigenvalue weighted by Gasteiger charge is 2.09. The van der Waals surface area contributed by atoms with E-state index < -0.39 is 0 Å². The number of hydrogen-bond donors (Lipinski definition) is 2. The van der Waals surface area contributed by atoms with Crippen molar-refractivity contribution in [1.82, 2.24) is 25.7 Å². The maximum absolute atomic E-state index is 12.0. The van der Waals surface area contributed by atoms with E-state index in [0.717, 1.165) is 5.56 Å². The SMILES string of the molecule is Cc1cc(Nc2ccc(C(=O)NCc3cccnc3)nn2)no1. The minimum atomic E-state index is -0.301. The van der Waals surface area contributed by atoms with Crippen molar-refractivity contribution in [3.05, 3.63) is 59.7 Å². The number of carbonyl (C=O) groups excluding carboxylic acids is 1. The lowest BCUT2D eigenvalue weighted by Crippen LogP contribution is -2.24. The fourth-order valence-electron chi connectivity index (χ4n) is 1.85. The third-order valence-corrected chi connectivity index (χ3v) is 2.96. The van der Waals surface area contributed by atoms with Crippen molar-refractivity contribution in [2.75, 3.05) is 5.32 Å². The molecule has 0 aliphatic carbocycles. The summed E-state index contributed by atoms with van der Waals surface area (Å²) in [5.74, 6) is 1.39. The van der Waals surface area contributed by atoms with E-state index >= 15 is 0 Å². The van der Waals surface area contributed by atoms with Crippen LogP contribution in [0.25, 0.3) is 0 Å². The summed E-state index contributed by atoms with van der Waals surface area (Å²) >= 11 is 0. The lowest BCUT2D eigenvalue weighted by Gasteiger charge is -2.05. The summed E-state index contributed by atoms with van der Waals surface area (Å²) in [6.07, 6.45) is 3.37. The van der Waals surface area contributed by atoms with E-state index in [1.807, 2.05) is 12.1 Å². The van der Waals surface area contributed by atoms with Gasteiger partial charge in [0.05, 0.1) is 0 Å². The minimum absolute atomic E-state index is 0.232. The van der Waals surface area contributed by atoms with E-state index in [2.05, 4.69) is 31.0 Å². The molecule has 2 N–H and O–H groups in total. The number of hydrogen-bond acceptors (Lipinski definition) is 7. The van der Waals surface area contributed by atoms with Gasteiger partial charge in [0.2, 0.25) is 0 Å². The second-order valence-corrected chi connectivity index (χ2v) is 4.80. The van der Waals surface area contributed by atoms with Gasteiger partial charge in [-0.3, -0.25) is 9.78 Å². The molecule has 0 unspecified atom stereocenters. The van der Waals surface area contributed by atoms with Crippen LogP contribution in [0.1, 0.15) is 21.8 Å². The van der Waals surface area contributed by atoms with Crippen LogP contribution in [0.2, 0.25) is 0 Å². The predicted octanol–water partition coefficient (Wildman–Crippen LogP) is 1.84. The summed E-state index contributed by atoms with van der Waals surface area (Å²) in [7, 11) is 0. The summed E-state index contributed by atoms with van der Waals surface area (Å²) in [5, 5.41) is 17.3. The molecule has 3 heterocycles. The second-order valence-electron chi connectivity index (χ2n) is 4.80. The Kier molecular flexibility index (Phi) is 4.23. The van der Waals surface area contributed by atoms with Crippen molar-refractivity contribution in [3.63, 3.8) is 0 Å². The zero-order chi connectivity index (χ0) is 16.1. The van der Waals surface area contributed by atoms with Crippen molar-refractivity contribution in [3.8, 4) is 0 Å². The number of nitrogens with zero attached hydrogens (tertiary/aromatic N) is 4. The fourth-order valence-corrected chi connectivity index (χ4v) is 1.85. The average Bonchev–Trinajstić information content (AvgIpc) is 2.99. The molecule has 0 fully saturated rings. The first-order valence-electron chi connectivity index (χ1n) is 6.92. The Labute approximate surface area is 131 Å². The maximum atomic E-state index is 12.0. The molecule has 0 atom stereocenters. The zero-order valence-corrected chi connectivity index (χ0v) is 12.4. The Morgan fingerprint density at radius 2 is 2.13 bits per heavy atom. The van der Waals surface area contributed by atoms with Gasteiger partial charge in [-0.05, 0) is 30.7 Å². The van der Waals surface area contributed by atoms with E-state index in [9.17, 15) is 4.79 Å². The van der Waals surface area contributed by atoms with E-state index in [1.54, 1.807) is 37.5 Å². The quantitative estimate of drug-likeness (QED) is 0.740. The first-order valence-corrected chi connectivity index (χ1v) is 6.92. The average molecular weight is 310 g/mol. The monoisotopic (exact) mass is 310 g/mol. The number of carbonyl (C=O) groups is 1. The molecule has 3 aromatic heterocycles. The first-order chi connectivity index (χ1) is 11.2. The van der Waals surface area contributed by atoms with Gasteiger partial charge in [-0.2, -0.15) is 0 Å². The maximum Gasteiger partial charge on any atom is 0.272 e. The molecule has 0 aliphatic rings. The third-order valence-electron chi connectivity index (χ3n) is 2.96. The van der Waals surface area contributed by atoms with Crippen LogP contribution >= 0.6 is 0 Å². The number of aromatic nitrogens is 4. The molecule has 0 spiro atoms. The van der Waals surface area contributed by atoms with Gasteiger partial charge in [0.1, 0.15) is 5.76 Å². The van der Waals surface area contributed by atoms with Gasteiger partial charge in [-0.25, -0.2) is 0 Å². The number of rotatable bonds is 5. The Hall–Kier alpha value is -3.29. The molecule has 0 radical (unpaired) electrons. The van der Waals surface area contributed by atoms with Gasteiger partial charge in [-0.15, -0.1) is 10.2 Å². The lowest BCUT2D eigenvalue weighted by atomic mass is 10.3. The number of nitrogens with one attached hydrogen (secondary N) is 2. The van der Waals surface area contributed by atoms with Crippen LogP contribution in [0.4, 0.5) is 11.6 Å². The van der Waals surface area contributed by atoms with Crippen LogP contribution in [0.15, 0.2) is 47.2 Å². The zero-order valence-electron chi connectivity index (χ0n) is 12.4. The molecule has 1 amide bonds. The van der Waals surface area contributed by atoms with E-state index in [-0.39, 0.29) is 11.6 Å². The summed E-state index contributed by atoms with van der Waals surface area (Å²) in [4.78, 5) is 16.0. The summed E-state index contributed by atoms with van der Waals surface area (Å²) in [6.45, 7) is 2.17. The largest absolute Gasteiger partial charge is 0.360 e. The topological polar surface area (TPSA) is 106 Å². The molecule has 0 aromatic carbocycles. The Morgan fingerprint density at radius 1 is 1.22 bits per heavy atom. The highest BCUT2D eigenvalue weighted by atomic mass is 16.5. The summed E-state index contributed by atoms with van der Waals surface area (Å²) in [6, 6.07) is 8.66. The van der Waals surface area contributed by atoms with Gasteiger partial charge < -0.3 is 15.2 Å². The molecule has 0 bridgehead atoms. The number of anilines is 2. The molecular weight excluding hydrogens is 296 g/mol. The molecule has 0 saturated carbocycles. The van der Waals surface area contributed by atoms with Crippen molar-refractivity contribution in [1.29, 1.82) is 0 Å². The molecule has 3 aromatic rings. The fraction of sp³-hybridized carbons (Fsp3) is 0.133. The molecule has 8 nitrogen and oxygen atoms in total. The van der Waals surface area contributed by atoms with Crippen molar-refractivity contribution in [2.24, 2.45) is 0 Å². The van der Waals surface area contributed by atoms with Gasteiger partial charge >= 0.3 is 0 Å². The highest BCUT2D eigenvalue weighted by molar-refractivity contribution is 5.92. The summed E-state index contributed by atoms with van der Waals surface area (Å²) in [5.41, 5.74) is 1.14. The molecule has 0 aliphatic heterocycles. The van der Waals surface area contributed by atoms with Gasteiger partial charge in [0.25, 0.3) is 5.91 Å². The van der Waals surface area contributed by atoms with Crippen molar-refractivity contribution < 1.29 is 9.32 Å². The van der Waals surface area contributed by atoms with Crippen LogP contribution in [-0.2, 0) is 6.54 Å². The van der Waals surface area contributed by atoms with Crippen LogP contribution in [0, 0.1) is 6.92 Å². The molecule has 0 saturated heterocycles. The van der Waals surface area contributed by atoms with Crippen LogP contribution in [0.3, 0.4) is 0 Å². The van der Waals surface area contributed by atoms with Gasteiger partial charge in [0, 0.05) is 25.0 Å². The molecule has 8 heteroatoms. The number of aryl methyl sites for hydroxylation is 1. The molecular formula is C15H14N6O2. The Balaban J connectivity index is 1.59. The number of pyridine rings is 1. The second kappa shape index (κ2) is 6.65. The normalized spacial score (nSPS) is 10.3. The molecule has 23 heavy (non-hydrogen) atoms. The van der Waals surface area contributed by atoms with Crippen LogP contribution in [0.5, 0.6) is 0 Å². The Bertz CT molecular complexity index is 785. The van der Waals surface area contributed by atoms with Crippen molar-refractivity contribution >= 4 is 17.5 Å². The smallest absolute Gasteiger partial charge is 0.272 e. The van der Waals surface area contributed by atoms with Crippen LogP contribution in [-0.4, -0.2) is 26.2 Å². The summed E-state index contributed by atoms with van der Waals surface area (Å²) < 4.78 is 4.94. The minimum Gasteiger partial charge on any atom is -0.360 e. The van der Waals surface area contributed by atoms with E-state index in [4.69, 9.17) is 4.52 Å². The van der Waals surface area contributed by atoms with Gasteiger partial charge in [-0.1, -0.05) is 11.2 Å². The molecule has 3 rings (SSSR count). The third kappa shape index (κ3) is 3.88. The highest BCUT2D eigenvalue weighted by Crippen LogP contribution is 2.13. The standard InChI is InChI=1S/C15H14N6O2/c1-10-7-14(21-23-10)18-13-5-4-12(19-20-13)15(22)17-9-11-3-2-6-16-8-11/h2-8H,9H2,1H3,(H,17,22)(H,18,20,21). The predicted molar refractivity (Wildman–Crippen MR) is 82.0 cm³/mol. The van der Waals surface area contributed by atoms with Crippen molar-refractivity contribution in [2.45, 2.75) is 13.5 Å².